The van der Waals surface area contributed by atoms with E-state index in [1.54, 1.807) is 5.38 Å². The predicted molar refractivity (Wildman–Crippen MR) is 37.4 cm³/mol. The summed E-state index contributed by atoms with van der Waals surface area (Å²) in [5.74, 6) is 0. The summed E-state index contributed by atoms with van der Waals surface area (Å²) < 4.78 is 0.887. The van der Waals surface area contributed by atoms with Gasteiger partial charge in [-0.2, -0.15) is 11.3 Å². The van der Waals surface area contributed by atoms with Gasteiger partial charge in [0.1, 0.15) is 0 Å². The highest BCUT2D eigenvalue weighted by molar-refractivity contribution is 9.10. The summed E-state index contributed by atoms with van der Waals surface area (Å²) in [6.45, 7) is 0. The second-order valence-electron chi connectivity index (χ2n) is 1.29. The molecule has 0 radical (unpaired) electrons. The average Bonchev–Trinajstić information content (AvgIpc) is 2.14. The Morgan fingerprint density at radius 2 is 2.38 bits per heavy atom. The number of halogens is 1. The van der Waals surface area contributed by atoms with Gasteiger partial charge in [-0.1, -0.05) is 0 Å². The molecule has 8 heavy (non-hydrogen) atoms. The lowest BCUT2D eigenvalue weighted by molar-refractivity contribution is 0.112. The van der Waals surface area contributed by atoms with Crippen molar-refractivity contribution >= 4 is 33.6 Å². The van der Waals surface area contributed by atoms with E-state index >= 15 is 0 Å². The average molecular weight is 191 g/mol. The molecule has 42 valence electrons. The van der Waals surface area contributed by atoms with Gasteiger partial charge in [-0.05, 0) is 15.9 Å². The third kappa shape index (κ3) is 0.980. The number of thiophene rings is 1. The highest BCUT2D eigenvalue weighted by Gasteiger charge is 1.95. The first-order valence-corrected chi connectivity index (χ1v) is 3.75. The summed E-state index contributed by atoms with van der Waals surface area (Å²) in [6, 6.07) is 0. The van der Waals surface area contributed by atoms with Crippen molar-refractivity contribution in [1.82, 2.24) is 0 Å². The molecule has 0 saturated carbocycles. The van der Waals surface area contributed by atoms with E-state index < -0.39 is 0 Å². The topological polar surface area (TPSA) is 17.1 Å². The molecule has 0 aliphatic rings. The molecular formula is C5H3BrOS. The fourth-order valence-corrected chi connectivity index (χ4v) is 1.71. The lowest BCUT2D eigenvalue weighted by Crippen LogP contribution is -1.69. The molecule has 1 aromatic rings. The minimum atomic E-state index is 0.731. The van der Waals surface area contributed by atoms with E-state index in [1.807, 2.05) is 5.38 Å². The van der Waals surface area contributed by atoms with Crippen LogP contribution in [0.15, 0.2) is 15.2 Å². The van der Waals surface area contributed by atoms with Crippen molar-refractivity contribution in [3.05, 3.63) is 20.8 Å². The third-order valence-corrected chi connectivity index (χ3v) is 2.52. The van der Waals surface area contributed by atoms with Gasteiger partial charge < -0.3 is 0 Å². The van der Waals surface area contributed by atoms with Crippen LogP contribution >= 0.6 is 27.3 Å². The van der Waals surface area contributed by atoms with Gasteiger partial charge in [0.2, 0.25) is 0 Å². The van der Waals surface area contributed by atoms with Crippen LogP contribution in [0.2, 0.25) is 0 Å². The SMILES string of the molecule is O=Cc1cscc1Br. The van der Waals surface area contributed by atoms with Crippen molar-refractivity contribution in [2.24, 2.45) is 0 Å². The minimum absolute atomic E-state index is 0.731. The van der Waals surface area contributed by atoms with Crippen LogP contribution in [0.1, 0.15) is 10.4 Å². The van der Waals surface area contributed by atoms with Gasteiger partial charge in [-0.25, -0.2) is 0 Å². The molecule has 1 heterocycles. The molecule has 0 N–H and O–H groups in total. The van der Waals surface area contributed by atoms with E-state index in [-0.39, 0.29) is 0 Å². The molecule has 1 nitrogen and oxygen atoms in total. The van der Waals surface area contributed by atoms with E-state index in [0.29, 0.717) is 0 Å². The maximum absolute atomic E-state index is 10.1. The van der Waals surface area contributed by atoms with Gasteiger partial charge in [-0.3, -0.25) is 4.79 Å². The van der Waals surface area contributed by atoms with Crippen molar-refractivity contribution in [2.45, 2.75) is 0 Å². The molecule has 0 atom stereocenters. The Morgan fingerprint density at radius 3 is 2.62 bits per heavy atom. The molecule has 1 rings (SSSR count). The second-order valence-corrected chi connectivity index (χ2v) is 2.89. The zero-order valence-corrected chi connectivity index (χ0v) is 6.33. The van der Waals surface area contributed by atoms with Crippen molar-refractivity contribution in [1.29, 1.82) is 0 Å². The first-order chi connectivity index (χ1) is 3.84. The van der Waals surface area contributed by atoms with E-state index in [1.165, 1.54) is 11.3 Å². The standard InChI is InChI=1S/C5H3BrOS/c6-5-3-8-2-4(5)1-7/h1-3H. The van der Waals surface area contributed by atoms with Crippen LogP contribution in [0.4, 0.5) is 0 Å². The largest absolute Gasteiger partial charge is 0.298 e. The maximum Gasteiger partial charge on any atom is 0.152 e. The van der Waals surface area contributed by atoms with Crippen LogP contribution in [0.25, 0.3) is 0 Å². The van der Waals surface area contributed by atoms with Crippen LogP contribution in [0.3, 0.4) is 0 Å². The van der Waals surface area contributed by atoms with Crippen molar-refractivity contribution in [3.8, 4) is 0 Å². The lowest BCUT2D eigenvalue weighted by Gasteiger charge is -1.76. The van der Waals surface area contributed by atoms with Crippen LogP contribution in [-0.2, 0) is 0 Å². The highest BCUT2D eigenvalue weighted by Crippen LogP contribution is 2.18. The first kappa shape index (κ1) is 5.98. The van der Waals surface area contributed by atoms with E-state index in [2.05, 4.69) is 15.9 Å². The highest BCUT2D eigenvalue weighted by atomic mass is 79.9. The van der Waals surface area contributed by atoms with Gasteiger partial charge in [0.15, 0.2) is 6.29 Å². The summed E-state index contributed by atoms with van der Waals surface area (Å²) >= 11 is 4.72. The Labute approximate surface area is 59.5 Å². The number of hydrogen-bond donors (Lipinski definition) is 0. The van der Waals surface area contributed by atoms with E-state index in [9.17, 15) is 4.79 Å². The van der Waals surface area contributed by atoms with Crippen molar-refractivity contribution in [2.75, 3.05) is 0 Å². The molecular weight excluding hydrogens is 188 g/mol. The molecule has 0 saturated heterocycles. The van der Waals surface area contributed by atoms with Gasteiger partial charge in [0.25, 0.3) is 0 Å². The van der Waals surface area contributed by atoms with Gasteiger partial charge >= 0.3 is 0 Å². The first-order valence-electron chi connectivity index (χ1n) is 2.01. The summed E-state index contributed by atoms with van der Waals surface area (Å²) in [5, 5.41) is 3.68. The Balaban J connectivity index is 3.09. The summed E-state index contributed by atoms with van der Waals surface area (Å²) in [6.07, 6.45) is 0.834. The normalized spacial score (nSPS) is 9.12. The monoisotopic (exact) mass is 190 g/mol. The fraction of sp³-hybridized carbons (Fsp3) is 0. The quantitative estimate of drug-likeness (QED) is 0.622. The number of aldehydes is 1. The number of hydrogen-bond acceptors (Lipinski definition) is 2. The molecule has 0 unspecified atom stereocenters. The number of rotatable bonds is 1. The molecule has 0 spiro atoms. The minimum Gasteiger partial charge on any atom is -0.298 e. The van der Waals surface area contributed by atoms with Crippen LogP contribution in [-0.4, -0.2) is 6.29 Å². The number of carbonyl (C=O) groups is 1. The van der Waals surface area contributed by atoms with Crippen molar-refractivity contribution in [3.63, 3.8) is 0 Å². The molecule has 0 amide bonds. The zero-order chi connectivity index (χ0) is 5.98. The van der Waals surface area contributed by atoms with Crippen LogP contribution < -0.4 is 0 Å². The molecule has 0 aliphatic heterocycles. The smallest absolute Gasteiger partial charge is 0.152 e. The number of carbonyl (C=O) groups excluding carboxylic acids is 1. The predicted octanol–water partition coefficient (Wildman–Crippen LogP) is 2.32. The molecule has 1 aromatic heterocycles. The van der Waals surface area contributed by atoms with E-state index in [0.717, 1.165) is 16.3 Å². The Bertz CT molecular complexity index is 194. The maximum atomic E-state index is 10.1. The zero-order valence-electron chi connectivity index (χ0n) is 3.93. The lowest BCUT2D eigenvalue weighted by atomic mass is 10.4. The third-order valence-electron chi connectivity index (χ3n) is 0.769. The molecule has 0 bridgehead atoms. The van der Waals surface area contributed by atoms with Gasteiger partial charge in [0.05, 0.1) is 0 Å². The second kappa shape index (κ2) is 2.42. The molecule has 3 heteroatoms. The molecule has 0 fully saturated rings. The van der Waals surface area contributed by atoms with Crippen molar-refractivity contribution < 1.29 is 4.79 Å². The summed E-state index contributed by atoms with van der Waals surface area (Å²) in [4.78, 5) is 10.1. The fourth-order valence-electron chi connectivity index (χ4n) is 0.375. The van der Waals surface area contributed by atoms with Crippen LogP contribution in [0, 0.1) is 0 Å². The van der Waals surface area contributed by atoms with Crippen LogP contribution in [0.5, 0.6) is 0 Å². The van der Waals surface area contributed by atoms with Gasteiger partial charge in [0, 0.05) is 20.8 Å². The Kier molecular flexibility index (Phi) is 1.81. The molecule has 0 aromatic carbocycles. The molecule has 0 aliphatic carbocycles. The van der Waals surface area contributed by atoms with Gasteiger partial charge in [-0.15, -0.1) is 0 Å². The Morgan fingerprint density at radius 1 is 1.62 bits per heavy atom. The summed E-state index contributed by atoms with van der Waals surface area (Å²) in [5.41, 5.74) is 0.731. The summed E-state index contributed by atoms with van der Waals surface area (Å²) in [7, 11) is 0. The Hall–Kier alpha value is -0.150. The van der Waals surface area contributed by atoms with E-state index in [4.69, 9.17) is 0 Å².